The van der Waals surface area contributed by atoms with Crippen molar-refractivity contribution in [2.75, 3.05) is 25.1 Å². The molecule has 0 aliphatic carbocycles. The standard InChI is InChI=1S/C11H13ClINO/c1-11(6-15-7-11)5-14-10-3-2-8(12)4-9(10)13/h2-4,14H,5-7H2,1H3. The van der Waals surface area contributed by atoms with Crippen LogP contribution in [0, 0.1) is 8.99 Å². The van der Waals surface area contributed by atoms with Crippen molar-refractivity contribution in [3.05, 3.63) is 26.8 Å². The fourth-order valence-corrected chi connectivity index (χ4v) is 2.56. The van der Waals surface area contributed by atoms with Crippen LogP contribution in [0.25, 0.3) is 0 Å². The molecular weight excluding hydrogens is 324 g/mol. The number of ether oxygens (including phenoxy) is 1. The Labute approximate surface area is 108 Å². The van der Waals surface area contributed by atoms with E-state index in [4.69, 9.17) is 16.3 Å². The third-order valence-electron chi connectivity index (χ3n) is 2.54. The highest BCUT2D eigenvalue weighted by molar-refractivity contribution is 14.1. The van der Waals surface area contributed by atoms with Crippen LogP contribution in [0.1, 0.15) is 6.92 Å². The van der Waals surface area contributed by atoms with Crippen LogP contribution in [0.3, 0.4) is 0 Å². The molecule has 4 heteroatoms. The van der Waals surface area contributed by atoms with Crippen LogP contribution in [-0.4, -0.2) is 19.8 Å². The molecule has 1 N–H and O–H groups in total. The number of benzene rings is 1. The van der Waals surface area contributed by atoms with Crippen molar-refractivity contribution in [1.82, 2.24) is 0 Å². The van der Waals surface area contributed by atoms with Crippen molar-refractivity contribution in [2.24, 2.45) is 5.41 Å². The number of hydrogen-bond donors (Lipinski definition) is 1. The van der Waals surface area contributed by atoms with E-state index in [1.54, 1.807) is 0 Å². The smallest absolute Gasteiger partial charge is 0.0559 e. The molecule has 15 heavy (non-hydrogen) atoms. The Kier molecular flexibility index (Phi) is 3.42. The second-order valence-electron chi connectivity index (χ2n) is 4.28. The van der Waals surface area contributed by atoms with E-state index in [0.717, 1.165) is 34.0 Å². The monoisotopic (exact) mass is 337 g/mol. The van der Waals surface area contributed by atoms with Crippen LogP contribution in [-0.2, 0) is 4.74 Å². The van der Waals surface area contributed by atoms with Gasteiger partial charge in [0.1, 0.15) is 0 Å². The fourth-order valence-electron chi connectivity index (χ4n) is 1.49. The molecule has 0 saturated carbocycles. The van der Waals surface area contributed by atoms with Crippen molar-refractivity contribution in [3.8, 4) is 0 Å². The summed E-state index contributed by atoms with van der Waals surface area (Å²) >= 11 is 8.18. The molecule has 1 heterocycles. The Bertz CT molecular complexity index is 366. The van der Waals surface area contributed by atoms with E-state index in [-0.39, 0.29) is 0 Å². The molecule has 2 rings (SSSR count). The van der Waals surface area contributed by atoms with E-state index in [0.29, 0.717) is 5.41 Å². The molecule has 0 atom stereocenters. The molecule has 0 aromatic heterocycles. The summed E-state index contributed by atoms with van der Waals surface area (Å²) in [6, 6.07) is 5.89. The van der Waals surface area contributed by atoms with E-state index < -0.39 is 0 Å². The van der Waals surface area contributed by atoms with Gasteiger partial charge in [-0.3, -0.25) is 0 Å². The molecule has 82 valence electrons. The molecule has 0 unspecified atom stereocenters. The summed E-state index contributed by atoms with van der Waals surface area (Å²) in [4.78, 5) is 0. The van der Waals surface area contributed by atoms with Crippen LogP contribution in [0.15, 0.2) is 18.2 Å². The van der Waals surface area contributed by atoms with Gasteiger partial charge in [0, 0.05) is 26.2 Å². The Balaban J connectivity index is 1.98. The van der Waals surface area contributed by atoms with E-state index in [1.165, 1.54) is 0 Å². The maximum Gasteiger partial charge on any atom is 0.0559 e. The van der Waals surface area contributed by atoms with Gasteiger partial charge in [0.05, 0.1) is 13.2 Å². The predicted molar refractivity (Wildman–Crippen MR) is 71.6 cm³/mol. The Morgan fingerprint density at radius 2 is 2.27 bits per heavy atom. The highest BCUT2D eigenvalue weighted by Crippen LogP contribution is 2.28. The van der Waals surface area contributed by atoms with Gasteiger partial charge >= 0.3 is 0 Å². The highest BCUT2D eigenvalue weighted by Gasteiger charge is 2.32. The molecule has 0 bridgehead atoms. The van der Waals surface area contributed by atoms with Crippen LogP contribution < -0.4 is 5.32 Å². The van der Waals surface area contributed by atoms with E-state index in [2.05, 4.69) is 34.8 Å². The number of halogens is 2. The molecule has 1 aromatic rings. The summed E-state index contributed by atoms with van der Waals surface area (Å²) in [6.07, 6.45) is 0. The zero-order chi connectivity index (χ0) is 10.9. The van der Waals surface area contributed by atoms with Crippen molar-refractivity contribution >= 4 is 39.9 Å². The van der Waals surface area contributed by atoms with Crippen LogP contribution in [0.5, 0.6) is 0 Å². The molecule has 1 saturated heterocycles. The van der Waals surface area contributed by atoms with Crippen LogP contribution >= 0.6 is 34.2 Å². The lowest BCUT2D eigenvalue weighted by atomic mass is 9.89. The third kappa shape index (κ3) is 2.77. The molecule has 1 aliphatic heterocycles. The van der Waals surface area contributed by atoms with Gasteiger partial charge in [0.25, 0.3) is 0 Å². The number of nitrogens with one attached hydrogen (secondary N) is 1. The van der Waals surface area contributed by atoms with E-state index >= 15 is 0 Å². The van der Waals surface area contributed by atoms with Crippen LogP contribution in [0.4, 0.5) is 5.69 Å². The van der Waals surface area contributed by atoms with Gasteiger partial charge in [0.2, 0.25) is 0 Å². The normalized spacial score (nSPS) is 18.3. The van der Waals surface area contributed by atoms with E-state index in [9.17, 15) is 0 Å². The summed E-state index contributed by atoms with van der Waals surface area (Å²) in [6.45, 7) is 4.88. The average molecular weight is 338 g/mol. The summed E-state index contributed by atoms with van der Waals surface area (Å²) < 4.78 is 6.37. The van der Waals surface area contributed by atoms with Crippen molar-refractivity contribution in [3.63, 3.8) is 0 Å². The lowest BCUT2D eigenvalue weighted by molar-refractivity contribution is -0.0924. The fraction of sp³-hybridized carbons (Fsp3) is 0.455. The molecule has 0 spiro atoms. The van der Waals surface area contributed by atoms with Crippen molar-refractivity contribution < 1.29 is 4.74 Å². The van der Waals surface area contributed by atoms with Crippen molar-refractivity contribution in [1.29, 1.82) is 0 Å². The molecule has 1 aliphatic rings. The first kappa shape index (κ1) is 11.5. The summed E-state index contributed by atoms with van der Waals surface area (Å²) in [7, 11) is 0. The van der Waals surface area contributed by atoms with Gasteiger partial charge in [-0.1, -0.05) is 18.5 Å². The minimum atomic E-state index is 0.294. The summed E-state index contributed by atoms with van der Waals surface area (Å²) in [5, 5.41) is 4.22. The number of rotatable bonds is 3. The summed E-state index contributed by atoms with van der Waals surface area (Å²) in [5.74, 6) is 0. The second kappa shape index (κ2) is 4.47. The van der Waals surface area contributed by atoms with Crippen LogP contribution in [0.2, 0.25) is 5.02 Å². The van der Waals surface area contributed by atoms with Gasteiger partial charge in [-0.15, -0.1) is 0 Å². The van der Waals surface area contributed by atoms with Gasteiger partial charge < -0.3 is 10.1 Å². The second-order valence-corrected chi connectivity index (χ2v) is 5.88. The molecule has 0 radical (unpaired) electrons. The van der Waals surface area contributed by atoms with Crippen molar-refractivity contribution in [2.45, 2.75) is 6.92 Å². The number of anilines is 1. The molecule has 1 aromatic carbocycles. The van der Waals surface area contributed by atoms with E-state index in [1.807, 2.05) is 18.2 Å². The zero-order valence-corrected chi connectivity index (χ0v) is 11.4. The molecule has 2 nitrogen and oxygen atoms in total. The highest BCUT2D eigenvalue weighted by atomic mass is 127. The topological polar surface area (TPSA) is 21.3 Å². The Hall–Kier alpha value is -0.0000000000000000763. The third-order valence-corrected chi connectivity index (χ3v) is 3.67. The Morgan fingerprint density at radius 1 is 1.53 bits per heavy atom. The Morgan fingerprint density at radius 3 is 2.80 bits per heavy atom. The molecule has 0 amide bonds. The first-order valence-electron chi connectivity index (χ1n) is 4.86. The van der Waals surface area contributed by atoms with Gasteiger partial charge in [0.15, 0.2) is 0 Å². The molecular formula is C11H13ClINO. The zero-order valence-electron chi connectivity index (χ0n) is 8.52. The minimum absolute atomic E-state index is 0.294. The number of hydrogen-bond acceptors (Lipinski definition) is 2. The first-order valence-corrected chi connectivity index (χ1v) is 6.31. The first-order chi connectivity index (χ1) is 7.09. The van der Waals surface area contributed by atoms with Gasteiger partial charge in [-0.05, 0) is 40.8 Å². The summed E-state index contributed by atoms with van der Waals surface area (Å²) in [5.41, 5.74) is 1.44. The largest absolute Gasteiger partial charge is 0.383 e. The lowest BCUT2D eigenvalue weighted by Gasteiger charge is -2.38. The van der Waals surface area contributed by atoms with Gasteiger partial charge in [-0.25, -0.2) is 0 Å². The quantitative estimate of drug-likeness (QED) is 0.854. The van der Waals surface area contributed by atoms with Gasteiger partial charge in [-0.2, -0.15) is 0 Å². The predicted octanol–water partition coefficient (Wildman–Crippen LogP) is 3.39. The maximum absolute atomic E-state index is 5.89. The SMILES string of the molecule is CC1(CNc2ccc(Cl)cc2I)COC1. The lowest BCUT2D eigenvalue weighted by Crippen LogP contribution is -2.45. The molecule has 1 fully saturated rings. The average Bonchev–Trinajstić information content (AvgIpc) is 2.14. The maximum atomic E-state index is 5.89. The minimum Gasteiger partial charge on any atom is -0.383 e.